The first-order chi connectivity index (χ1) is 16.3. The second-order valence-electron chi connectivity index (χ2n) is 9.52. The fourth-order valence-corrected chi connectivity index (χ4v) is 5.80. The van der Waals surface area contributed by atoms with Crippen molar-refractivity contribution in [2.45, 2.75) is 58.5 Å². The fourth-order valence-electron chi connectivity index (χ4n) is 5.80. The predicted molar refractivity (Wildman–Crippen MR) is 139 cm³/mol. The number of imidazole rings is 2. The van der Waals surface area contributed by atoms with E-state index in [0.29, 0.717) is 11.6 Å². The third kappa shape index (κ3) is 2.77. The van der Waals surface area contributed by atoms with Gasteiger partial charge in [-0.2, -0.15) is 0 Å². The predicted octanol–water partition coefficient (Wildman–Crippen LogP) is 6.61. The van der Waals surface area contributed by atoms with Crippen molar-refractivity contribution < 1.29 is 5.11 Å². The lowest BCUT2D eigenvalue weighted by molar-refractivity contribution is 0.00504. The van der Waals surface area contributed by atoms with Crippen LogP contribution >= 0.6 is 0 Å². The van der Waals surface area contributed by atoms with E-state index in [-0.39, 0.29) is 0 Å². The van der Waals surface area contributed by atoms with Crippen LogP contribution in [0.1, 0.15) is 59.1 Å². The highest BCUT2D eigenvalue weighted by Gasteiger charge is 2.62. The molecule has 0 amide bonds. The monoisotopic (exact) mass is 452 g/mol. The summed E-state index contributed by atoms with van der Waals surface area (Å²) in [6.07, 6.45) is 1.65. The molecule has 2 unspecified atom stereocenters. The van der Waals surface area contributed by atoms with Gasteiger partial charge in [0.05, 0.1) is 22.1 Å². The van der Waals surface area contributed by atoms with Crippen molar-refractivity contribution in [2.24, 2.45) is 0 Å². The van der Waals surface area contributed by atoms with Crippen molar-refractivity contribution >= 4 is 22.1 Å². The third-order valence-corrected chi connectivity index (χ3v) is 7.89. The standard InChI is InChI=1S/C29H32N4O/c1-7-12-17(2)28(26-30-22-13-8-9-14-23(22)31-26)20(5)18(3)19(4)21(6)29(28,34)27-32-24-15-10-11-16-25(24)33-27/h8-11,13-16,34H,2,7,12H2,1,3-6H3,(H,30,31)(H,32,33). The van der Waals surface area contributed by atoms with E-state index in [1.54, 1.807) is 0 Å². The number of hydrogen-bond acceptors (Lipinski definition) is 3. The zero-order valence-corrected chi connectivity index (χ0v) is 20.6. The Morgan fingerprint density at radius 2 is 1.32 bits per heavy atom. The summed E-state index contributed by atoms with van der Waals surface area (Å²) in [7, 11) is 0. The van der Waals surface area contributed by atoms with Crippen LogP contribution in [0.25, 0.3) is 22.1 Å². The van der Waals surface area contributed by atoms with Gasteiger partial charge in [0, 0.05) is 0 Å². The molecule has 5 heteroatoms. The van der Waals surface area contributed by atoms with Crippen LogP contribution in [-0.2, 0) is 11.0 Å². The highest BCUT2D eigenvalue weighted by molar-refractivity contribution is 5.78. The van der Waals surface area contributed by atoms with Crippen molar-refractivity contribution in [3.63, 3.8) is 0 Å². The number of allylic oxidation sites excluding steroid dienone is 2. The summed E-state index contributed by atoms with van der Waals surface area (Å²) < 4.78 is 0. The van der Waals surface area contributed by atoms with Crippen LogP contribution in [0.4, 0.5) is 0 Å². The summed E-state index contributed by atoms with van der Waals surface area (Å²) in [5, 5.41) is 13.1. The lowest BCUT2D eigenvalue weighted by Gasteiger charge is -2.51. The highest BCUT2D eigenvalue weighted by atomic mass is 16.3. The maximum Gasteiger partial charge on any atom is 0.163 e. The van der Waals surface area contributed by atoms with E-state index in [9.17, 15) is 5.11 Å². The first-order valence-corrected chi connectivity index (χ1v) is 11.9. The van der Waals surface area contributed by atoms with Crippen LogP contribution < -0.4 is 0 Å². The minimum absolute atomic E-state index is 0.509. The van der Waals surface area contributed by atoms with E-state index in [0.717, 1.165) is 62.8 Å². The molecule has 1 aliphatic rings. The Balaban J connectivity index is 1.93. The Kier molecular flexibility index (Phi) is 5.14. The zero-order chi connectivity index (χ0) is 24.3. The number of para-hydroxylation sites is 4. The molecule has 4 aromatic rings. The number of benzene rings is 2. The number of aromatic nitrogens is 4. The van der Waals surface area contributed by atoms with Crippen molar-refractivity contribution in [3.8, 4) is 0 Å². The van der Waals surface area contributed by atoms with Gasteiger partial charge in [-0.15, -0.1) is 0 Å². The molecule has 0 aliphatic heterocycles. The summed E-state index contributed by atoms with van der Waals surface area (Å²) >= 11 is 0. The van der Waals surface area contributed by atoms with Crippen molar-refractivity contribution in [1.82, 2.24) is 19.9 Å². The minimum Gasteiger partial charge on any atom is -0.376 e. The number of aromatic amines is 2. The smallest absolute Gasteiger partial charge is 0.163 e. The van der Waals surface area contributed by atoms with Crippen molar-refractivity contribution in [3.05, 3.63) is 94.6 Å². The molecule has 34 heavy (non-hydrogen) atoms. The maximum absolute atomic E-state index is 13.1. The van der Waals surface area contributed by atoms with Gasteiger partial charge in [-0.3, -0.25) is 0 Å². The average molecular weight is 453 g/mol. The molecule has 0 bridgehead atoms. The van der Waals surface area contributed by atoms with Crippen molar-refractivity contribution in [2.75, 3.05) is 0 Å². The van der Waals surface area contributed by atoms with Crippen molar-refractivity contribution in [1.29, 1.82) is 0 Å². The SMILES string of the molecule is C=C(CCC)C1(c2nc3ccccc3[nH]2)C(C)=C(C)C(C)=C(C)C1(O)c1nc2ccccc2[nH]1. The molecule has 2 aromatic carbocycles. The molecule has 2 aromatic heterocycles. The molecule has 5 rings (SSSR count). The van der Waals surface area contributed by atoms with Gasteiger partial charge >= 0.3 is 0 Å². The summed E-state index contributed by atoms with van der Waals surface area (Å²) in [5.74, 6) is 1.20. The van der Waals surface area contributed by atoms with Crippen LogP contribution in [0.3, 0.4) is 0 Å². The van der Waals surface area contributed by atoms with E-state index in [4.69, 9.17) is 9.97 Å². The third-order valence-electron chi connectivity index (χ3n) is 7.89. The minimum atomic E-state index is -1.50. The molecule has 1 aliphatic carbocycles. The molecule has 2 atom stereocenters. The molecule has 0 spiro atoms. The molecule has 5 nitrogen and oxygen atoms in total. The first-order valence-electron chi connectivity index (χ1n) is 11.9. The number of rotatable bonds is 5. The topological polar surface area (TPSA) is 77.6 Å². The Morgan fingerprint density at radius 3 is 1.88 bits per heavy atom. The number of fused-ring (bicyclic) bond motifs is 2. The Hall–Kier alpha value is -3.44. The van der Waals surface area contributed by atoms with E-state index in [1.165, 1.54) is 0 Å². The molecule has 0 fully saturated rings. The lowest BCUT2D eigenvalue weighted by atomic mass is 9.54. The molecule has 2 heterocycles. The zero-order valence-electron chi connectivity index (χ0n) is 20.6. The van der Waals surface area contributed by atoms with Gasteiger partial charge in [0.15, 0.2) is 5.60 Å². The van der Waals surface area contributed by atoms with Crippen LogP contribution in [0, 0.1) is 0 Å². The summed E-state index contributed by atoms with van der Waals surface area (Å²) in [6.45, 7) is 15.0. The van der Waals surface area contributed by atoms with Gasteiger partial charge in [0.25, 0.3) is 0 Å². The first kappa shape index (κ1) is 22.4. The second-order valence-corrected chi connectivity index (χ2v) is 9.52. The fraction of sp³-hybridized carbons (Fsp3) is 0.310. The van der Waals surface area contributed by atoms with Crippen LogP contribution in [-0.4, -0.2) is 25.0 Å². The Labute approximate surface area is 200 Å². The van der Waals surface area contributed by atoms with E-state index >= 15 is 0 Å². The van der Waals surface area contributed by atoms with Crippen LogP contribution in [0.5, 0.6) is 0 Å². The number of nitrogens with zero attached hydrogens (tertiary/aromatic N) is 2. The van der Waals surface area contributed by atoms with Gasteiger partial charge < -0.3 is 15.1 Å². The number of aliphatic hydroxyl groups is 1. The molecule has 3 N–H and O–H groups in total. The van der Waals surface area contributed by atoms with Gasteiger partial charge in [-0.1, -0.05) is 49.8 Å². The molecular formula is C29H32N4O. The largest absolute Gasteiger partial charge is 0.376 e. The molecule has 0 radical (unpaired) electrons. The van der Waals surface area contributed by atoms with Crippen LogP contribution in [0.15, 0.2) is 83.0 Å². The highest BCUT2D eigenvalue weighted by Crippen LogP contribution is 2.59. The van der Waals surface area contributed by atoms with Gasteiger partial charge in [0.2, 0.25) is 0 Å². The summed E-state index contributed by atoms with van der Waals surface area (Å²) in [6, 6.07) is 15.9. The Bertz CT molecular complexity index is 1430. The van der Waals surface area contributed by atoms with Gasteiger partial charge in [0.1, 0.15) is 17.1 Å². The lowest BCUT2D eigenvalue weighted by Crippen LogP contribution is -2.55. The molecule has 0 saturated heterocycles. The van der Waals surface area contributed by atoms with Crippen LogP contribution in [0.2, 0.25) is 0 Å². The number of nitrogens with one attached hydrogen (secondary N) is 2. The second kappa shape index (κ2) is 7.81. The van der Waals surface area contributed by atoms with E-state index in [1.807, 2.05) is 55.5 Å². The Morgan fingerprint density at radius 1 is 0.824 bits per heavy atom. The normalized spacial score (nSPS) is 23.4. The molecular weight excluding hydrogens is 420 g/mol. The number of hydrogen-bond donors (Lipinski definition) is 3. The van der Waals surface area contributed by atoms with E-state index < -0.39 is 11.0 Å². The van der Waals surface area contributed by atoms with Gasteiger partial charge in [-0.25, -0.2) is 9.97 Å². The summed E-state index contributed by atoms with van der Waals surface area (Å²) in [5.41, 5.74) is 6.02. The van der Waals surface area contributed by atoms with Gasteiger partial charge in [-0.05, 0) is 80.7 Å². The number of H-pyrrole nitrogens is 2. The van der Waals surface area contributed by atoms with E-state index in [2.05, 4.69) is 44.2 Å². The maximum atomic E-state index is 13.1. The molecule has 0 saturated carbocycles. The summed E-state index contributed by atoms with van der Waals surface area (Å²) in [4.78, 5) is 17.0. The molecule has 174 valence electrons. The quantitative estimate of drug-likeness (QED) is 0.298. The average Bonchev–Trinajstić information content (AvgIpc) is 3.47.